The molecule has 1 aliphatic rings. The number of H-pyrrole nitrogens is 1. The van der Waals surface area contributed by atoms with Crippen molar-refractivity contribution in [2.24, 2.45) is 0 Å². The number of methoxy groups -OCH3 is 4. The summed E-state index contributed by atoms with van der Waals surface area (Å²) < 4.78 is 73.3. The van der Waals surface area contributed by atoms with E-state index in [4.69, 9.17) is 47.9 Å². The van der Waals surface area contributed by atoms with Gasteiger partial charge in [-0.05, 0) is 37.9 Å². The Kier molecular flexibility index (Phi) is 17.6. The maximum Gasteiger partial charge on any atom is 0.337 e. The molecule has 0 aliphatic carbocycles. The molecule has 75 heavy (non-hydrogen) atoms. The number of rotatable bonds is 13. The van der Waals surface area contributed by atoms with Crippen molar-refractivity contribution < 1.29 is 50.8 Å². The quantitative estimate of drug-likeness (QED) is 0.0856. The van der Waals surface area contributed by atoms with Gasteiger partial charge in [0.1, 0.15) is 28.4 Å². The Labute approximate surface area is 438 Å². The zero-order chi connectivity index (χ0) is 54.1. The number of carbonyl (C=O) groups is 2. The highest BCUT2D eigenvalue weighted by Crippen LogP contribution is 2.45. The standard InChI is InChI=1S/C23H22ClFN6O3.C17H12ClFN2O4.C10H15N3O2S/c1-31(2)11-12-10-28-23(29-12)30-22(32)14-6-5-13(20-21(14)27-8-7-26-20)17-18(24)15(33-3)9-16(34-4)19(17)25;1-24-10-7-11(25-2)14(19)12(13(10)18)8-3-4-9(17(22)23)16-15(8)20-5-6-21-16;11-10-2-1-9(7-12-10)8-13-3-5-16(14,15)6-4-13/h5-10H,11H2,1-4H3,(H2,28,29,30,32);3-7H,1-2H3,(H,22,23);1-2,7H,3-6,8H2,(H2,11,12). The highest BCUT2D eigenvalue weighted by Gasteiger charge is 2.27. The van der Waals surface area contributed by atoms with Gasteiger partial charge in [0.25, 0.3) is 5.91 Å². The summed E-state index contributed by atoms with van der Waals surface area (Å²) in [5.74, 6) is -1.31. The number of sulfone groups is 1. The summed E-state index contributed by atoms with van der Waals surface area (Å²) in [6.45, 7) is 2.59. The van der Waals surface area contributed by atoms with Gasteiger partial charge in [-0.2, -0.15) is 0 Å². The molecule has 0 saturated carbocycles. The summed E-state index contributed by atoms with van der Waals surface area (Å²) in [5.41, 5.74) is 9.16. The number of nitrogens with one attached hydrogen (secondary N) is 2. The van der Waals surface area contributed by atoms with Gasteiger partial charge in [-0.3, -0.25) is 34.9 Å². The second kappa shape index (κ2) is 24.0. The molecule has 8 aromatic rings. The smallest absolute Gasteiger partial charge is 0.337 e. The molecule has 1 amide bonds. The number of anilines is 2. The van der Waals surface area contributed by atoms with Gasteiger partial charge in [-0.15, -0.1) is 0 Å². The van der Waals surface area contributed by atoms with Gasteiger partial charge in [0.05, 0.1) is 84.0 Å². The molecular weight excluding hydrogens is 1040 g/mol. The van der Waals surface area contributed by atoms with Crippen molar-refractivity contribution in [2.75, 3.05) is 78.2 Å². The Morgan fingerprint density at radius 1 is 0.720 bits per heavy atom. The van der Waals surface area contributed by atoms with Crippen molar-refractivity contribution in [2.45, 2.75) is 13.1 Å². The van der Waals surface area contributed by atoms with Crippen molar-refractivity contribution in [3.05, 3.63) is 130 Å². The summed E-state index contributed by atoms with van der Waals surface area (Å²) in [6, 6.07) is 12.2. The minimum atomic E-state index is -2.79. The number of carboxylic acids is 1. The molecule has 392 valence electrons. The molecule has 4 aromatic heterocycles. The summed E-state index contributed by atoms with van der Waals surface area (Å²) in [5, 5.41) is 12.1. The molecule has 1 fully saturated rings. The number of amides is 1. The molecule has 0 radical (unpaired) electrons. The fourth-order valence-corrected chi connectivity index (χ4v) is 9.74. The van der Waals surface area contributed by atoms with Crippen molar-refractivity contribution in [3.8, 4) is 45.3 Å². The Balaban J connectivity index is 0.000000175. The number of carbonyl (C=O) groups excluding carboxylic acids is 1. The molecule has 0 bridgehead atoms. The number of aromatic amines is 1. The SMILES string of the molecule is COc1cc(OC)c(Cl)c(-c2ccc(C(=O)Nc3ncc(CN(C)C)[nH]3)c3nccnc23)c1F.COc1cc(OC)c(Cl)c(-c2ccc(C(=O)O)c3nccnc23)c1F.Nc1ccc(CN2CCS(=O)(=O)CC2)cn1. The third-order valence-corrected chi connectivity index (χ3v) is 13.8. The fourth-order valence-electron chi connectivity index (χ4n) is 7.83. The average molecular weight is 1090 g/mol. The minimum Gasteiger partial charge on any atom is -0.495 e. The predicted octanol–water partition coefficient (Wildman–Crippen LogP) is 7.84. The van der Waals surface area contributed by atoms with Gasteiger partial charge in [0.2, 0.25) is 5.95 Å². The van der Waals surface area contributed by atoms with Crippen LogP contribution in [0.25, 0.3) is 44.3 Å². The van der Waals surface area contributed by atoms with Gasteiger partial charge in [-0.25, -0.2) is 32.0 Å². The first-order valence-corrected chi connectivity index (χ1v) is 25.0. The lowest BCUT2D eigenvalue weighted by Gasteiger charge is -2.26. The second-order valence-corrected chi connectivity index (χ2v) is 19.7. The van der Waals surface area contributed by atoms with Gasteiger partial charge >= 0.3 is 5.97 Å². The molecular formula is C50H49Cl2F2N11O9S. The largest absolute Gasteiger partial charge is 0.495 e. The number of halogens is 4. The molecule has 1 saturated heterocycles. The maximum atomic E-state index is 15.3. The lowest BCUT2D eigenvalue weighted by atomic mass is 9.99. The van der Waals surface area contributed by atoms with Crippen LogP contribution in [-0.2, 0) is 22.9 Å². The number of nitrogens with zero attached hydrogens (tertiary/aromatic N) is 8. The van der Waals surface area contributed by atoms with Crippen molar-refractivity contribution >= 4 is 78.7 Å². The number of ether oxygens (including phenoxy) is 4. The molecule has 25 heteroatoms. The number of benzene rings is 4. The van der Waals surface area contributed by atoms with Crippen molar-refractivity contribution in [1.82, 2.24) is 44.7 Å². The summed E-state index contributed by atoms with van der Waals surface area (Å²) in [6.07, 6.45) is 9.05. The number of aromatic carboxylic acids is 1. The van der Waals surface area contributed by atoms with Gasteiger partial charge < -0.3 is 39.7 Å². The number of nitrogens with two attached hydrogens (primary N) is 1. The first kappa shape index (κ1) is 54.9. The number of pyridine rings is 1. The third-order valence-electron chi connectivity index (χ3n) is 11.4. The Morgan fingerprint density at radius 2 is 1.21 bits per heavy atom. The van der Waals surface area contributed by atoms with Crippen LogP contribution in [-0.4, -0.2) is 137 Å². The van der Waals surface area contributed by atoms with Gasteiger partial charge in [0.15, 0.2) is 33.0 Å². The van der Waals surface area contributed by atoms with Gasteiger partial charge in [0, 0.05) is 91.5 Å². The van der Waals surface area contributed by atoms with Crippen LogP contribution in [0.4, 0.5) is 20.5 Å². The molecule has 1 aliphatic heterocycles. The number of fused-ring (bicyclic) bond motifs is 2. The summed E-state index contributed by atoms with van der Waals surface area (Å²) in [4.78, 5) is 56.7. The van der Waals surface area contributed by atoms with E-state index in [1.54, 1.807) is 24.5 Å². The number of aromatic nitrogens is 7. The number of hydrogen-bond acceptors (Lipinski definition) is 17. The van der Waals surface area contributed by atoms with E-state index in [0.29, 0.717) is 42.5 Å². The molecule has 4 aromatic carbocycles. The fraction of sp³-hybridized carbons (Fsp3) is 0.240. The Hall–Kier alpha value is -7.83. The maximum absolute atomic E-state index is 15.3. The molecule has 0 unspecified atom stereocenters. The van der Waals surface area contributed by atoms with E-state index in [9.17, 15) is 27.5 Å². The monoisotopic (exact) mass is 1090 g/mol. The van der Waals surface area contributed by atoms with Crippen LogP contribution < -0.4 is 30.0 Å². The highest BCUT2D eigenvalue weighted by atomic mass is 35.5. The highest BCUT2D eigenvalue weighted by molar-refractivity contribution is 7.91. The predicted molar refractivity (Wildman–Crippen MR) is 280 cm³/mol. The van der Waals surface area contributed by atoms with Crippen LogP contribution in [0.1, 0.15) is 32.0 Å². The van der Waals surface area contributed by atoms with Gasteiger partial charge in [-0.1, -0.05) is 41.4 Å². The topological polar surface area (TPSA) is 263 Å². The van der Waals surface area contributed by atoms with Crippen LogP contribution in [0.2, 0.25) is 10.0 Å². The number of nitrogen functional groups attached to an aromatic ring is 1. The van der Waals surface area contributed by atoms with E-state index in [1.807, 2.05) is 25.1 Å². The molecule has 0 spiro atoms. The van der Waals surface area contributed by atoms with E-state index in [2.05, 4.69) is 45.1 Å². The second-order valence-electron chi connectivity index (χ2n) is 16.7. The zero-order valence-corrected chi connectivity index (χ0v) is 43.4. The number of carboxylic acid groups (broad SMARTS) is 1. The normalized spacial score (nSPS) is 13.1. The van der Waals surface area contributed by atoms with Crippen LogP contribution in [0.5, 0.6) is 23.0 Å². The van der Waals surface area contributed by atoms with Crippen molar-refractivity contribution in [3.63, 3.8) is 0 Å². The van der Waals surface area contributed by atoms with Crippen LogP contribution in [0.3, 0.4) is 0 Å². The zero-order valence-electron chi connectivity index (χ0n) is 41.1. The van der Waals surface area contributed by atoms with Crippen LogP contribution >= 0.6 is 23.2 Å². The van der Waals surface area contributed by atoms with E-state index in [0.717, 1.165) is 17.8 Å². The van der Waals surface area contributed by atoms with Crippen LogP contribution in [0, 0.1) is 11.6 Å². The lowest BCUT2D eigenvalue weighted by Crippen LogP contribution is -2.39. The average Bonchev–Trinajstić information content (AvgIpc) is 3.83. The van der Waals surface area contributed by atoms with Crippen LogP contribution in [0.15, 0.2) is 85.7 Å². The molecule has 0 atom stereocenters. The molecule has 20 nitrogen and oxygen atoms in total. The number of hydrogen-bond donors (Lipinski definition) is 4. The molecule has 5 N–H and O–H groups in total. The molecule has 5 heterocycles. The van der Waals surface area contributed by atoms with E-state index in [1.165, 1.54) is 83.6 Å². The minimum absolute atomic E-state index is 0.000283. The molecule has 9 rings (SSSR count). The third kappa shape index (κ3) is 12.6. The Morgan fingerprint density at radius 3 is 1.68 bits per heavy atom. The first-order chi connectivity index (χ1) is 35.9. The van der Waals surface area contributed by atoms with E-state index < -0.39 is 33.3 Å². The lowest BCUT2D eigenvalue weighted by molar-refractivity contribution is 0.0698. The summed E-state index contributed by atoms with van der Waals surface area (Å²) >= 11 is 12.8. The van der Waals surface area contributed by atoms with E-state index >= 15 is 4.39 Å². The van der Waals surface area contributed by atoms with E-state index in [-0.39, 0.29) is 88.9 Å². The summed E-state index contributed by atoms with van der Waals surface area (Å²) in [7, 11) is 6.55. The Bertz CT molecular complexity index is 3450. The number of imidazole rings is 1. The van der Waals surface area contributed by atoms with Crippen molar-refractivity contribution in [1.29, 1.82) is 0 Å². The first-order valence-electron chi connectivity index (χ1n) is 22.4.